The maximum atomic E-state index is 12.0. The second kappa shape index (κ2) is 5.22. The maximum Gasteiger partial charge on any atom is 0.335 e. The summed E-state index contributed by atoms with van der Waals surface area (Å²) < 4.78 is 26.3. The van der Waals surface area contributed by atoms with Gasteiger partial charge in [0.25, 0.3) is 10.0 Å². The molecule has 0 aliphatic rings. The van der Waals surface area contributed by atoms with Crippen LogP contribution in [0.4, 0.5) is 5.69 Å². The van der Waals surface area contributed by atoms with Crippen molar-refractivity contribution in [1.29, 1.82) is 0 Å². The molecule has 2 rings (SSSR count). The number of benzene rings is 2. The van der Waals surface area contributed by atoms with Gasteiger partial charge in [0, 0.05) is 5.69 Å². The quantitative estimate of drug-likeness (QED) is 0.882. The molecule has 0 spiro atoms. The first-order chi connectivity index (χ1) is 9.40. The summed E-state index contributed by atoms with van der Waals surface area (Å²) in [6.45, 7) is 0. The molecule has 0 heterocycles. The molecule has 2 N–H and O–H groups in total. The molecule has 2 aromatic carbocycles. The van der Waals surface area contributed by atoms with Crippen LogP contribution in [0.5, 0.6) is 5.75 Å². The third kappa shape index (κ3) is 2.89. The predicted molar refractivity (Wildman–Crippen MR) is 70.1 cm³/mol. The largest absolute Gasteiger partial charge is 0.872 e. The Morgan fingerprint density at radius 2 is 1.75 bits per heavy atom. The highest BCUT2D eigenvalue weighted by molar-refractivity contribution is 7.92. The number of nitrogens with one attached hydrogen (secondary N) is 1. The van der Waals surface area contributed by atoms with Crippen LogP contribution in [0.25, 0.3) is 0 Å². The average molecular weight is 292 g/mol. The molecule has 0 aromatic heterocycles. The summed E-state index contributed by atoms with van der Waals surface area (Å²) in [5.74, 6) is -2.09. The molecule has 0 saturated carbocycles. The highest BCUT2D eigenvalue weighted by Crippen LogP contribution is 2.21. The number of carbonyl (C=O) groups is 1. The van der Waals surface area contributed by atoms with Gasteiger partial charge in [-0.25, -0.2) is 13.2 Å². The van der Waals surface area contributed by atoms with Crippen molar-refractivity contribution in [2.24, 2.45) is 0 Å². The molecule has 6 nitrogen and oxygen atoms in total. The molecule has 0 aliphatic carbocycles. The van der Waals surface area contributed by atoms with E-state index >= 15 is 0 Å². The number of anilines is 1. The smallest absolute Gasteiger partial charge is 0.335 e. The van der Waals surface area contributed by atoms with Gasteiger partial charge in [-0.1, -0.05) is 30.0 Å². The van der Waals surface area contributed by atoms with E-state index < -0.39 is 27.3 Å². The molecule has 0 atom stereocenters. The van der Waals surface area contributed by atoms with E-state index in [1.165, 1.54) is 18.2 Å². The minimum atomic E-state index is -3.81. The Morgan fingerprint density at radius 3 is 2.35 bits per heavy atom. The average Bonchev–Trinajstić information content (AvgIpc) is 2.41. The molecule has 0 aliphatic heterocycles. The van der Waals surface area contributed by atoms with E-state index in [9.17, 15) is 18.3 Å². The van der Waals surface area contributed by atoms with Gasteiger partial charge in [0.05, 0.1) is 10.5 Å². The lowest BCUT2D eigenvalue weighted by Crippen LogP contribution is -2.14. The maximum absolute atomic E-state index is 12.0. The number of sulfonamides is 1. The summed E-state index contributed by atoms with van der Waals surface area (Å²) >= 11 is 0. The van der Waals surface area contributed by atoms with Crippen LogP contribution in [0, 0.1) is 0 Å². The Labute approximate surface area is 115 Å². The van der Waals surface area contributed by atoms with Gasteiger partial charge in [0.2, 0.25) is 0 Å². The van der Waals surface area contributed by atoms with Gasteiger partial charge >= 0.3 is 5.97 Å². The zero-order chi connectivity index (χ0) is 14.8. The Kier molecular flexibility index (Phi) is 3.62. The topological polar surface area (TPSA) is 107 Å². The lowest BCUT2D eigenvalue weighted by Gasteiger charge is -2.13. The minimum Gasteiger partial charge on any atom is -0.872 e. The summed E-state index contributed by atoms with van der Waals surface area (Å²) in [4.78, 5) is 10.9. The number of carboxylic acids is 1. The van der Waals surface area contributed by atoms with Crippen molar-refractivity contribution < 1.29 is 23.4 Å². The number of carboxylic acid groups (broad SMARTS) is 1. The van der Waals surface area contributed by atoms with Crippen LogP contribution in [0.1, 0.15) is 10.4 Å². The molecule has 0 fully saturated rings. The minimum absolute atomic E-state index is 0.0193. The lowest BCUT2D eigenvalue weighted by molar-refractivity contribution is -0.268. The Balaban J connectivity index is 2.36. The second-order valence-electron chi connectivity index (χ2n) is 3.93. The van der Waals surface area contributed by atoms with Gasteiger partial charge in [-0.15, -0.1) is 0 Å². The van der Waals surface area contributed by atoms with Gasteiger partial charge in [0.15, 0.2) is 0 Å². The monoisotopic (exact) mass is 292 g/mol. The van der Waals surface area contributed by atoms with Gasteiger partial charge < -0.3 is 10.2 Å². The number of hydrogen-bond acceptors (Lipinski definition) is 4. The van der Waals surface area contributed by atoms with Crippen molar-refractivity contribution in [3.8, 4) is 5.75 Å². The third-order valence-corrected chi connectivity index (χ3v) is 3.91. The SMILES string of the molecule is O=C(O)c1cc(NS(=O)(=O)c2ccccc2)ccc1[O-]. The zero-order valence-corrected chi connectivity index (χ0v) is 10.9. The molecule has 7 heteroatoms. The number of hydrogen-bond donors (Lipinski definition) is 2. The van der Waals surface area contributed by atoms with Crippen LogP contribution in [-0.4, -0.2) is 19.5 Å². The van der Waals surface area contributed by atoms with Crippen molar-refractivity contribution in [2.75, 3.05) is 4.72 Å². The fourth-order valence-corrected chi connectivity index (χ4v) is 2.64. The summed E-state index contributed by atoms with van der Waals surface area (Å²) in [5.41, 5.74) is -0.468. The summed E-state index contributed by atoms with van der Waals surface area (Å²) in [6.07, 6.45) is 0. The van der Waals surface area contributed by atoms with Gasteiger partial charge in [-0.2, -0.15) is 0 Å². The van der Waals surface area contributed by atoms with Crippen LogP contribution < -0.4 is 9.83 Å². The van der Waals surface area contributed by atoms with E-state index in [1.54, 1.807) is 18.2 Å². The van der Waals surface area contributed by atoms with Crippen LogP contribution in [-0.2, 0) is 10.0 Å². The summed E-state index contributed by atoms with van der Waals surface area (Å²) in [7, 11) is -3.81. The fourth-order valence-electron chi connectivity index (χ4n) is 1.57. The molecule has 0 radical (unpaired) electrons. The molecule has 2 aromatic rings. The second-order valence-corrected chi connectivity index (χ2v) is 5.62. The van der Waals surface area contributed by atoms with E-state index in [0.717, 1.165) is 12.1 Å². The lowest BCUT2D eigenvalue weighted by atomic mass is 10.2. The zero-order valence-electron chi connectivity index (χ0n) is 10.1. The van der Waals surface area contributed by atoms with Crippen molar-refractivity contribution in [1.82, 2.24) is 0 Å². The summed E-state index contributed by atoms with van der Waals surface area (Å²) in [6, 6.07) is 10.8. The Morgan fingerprint density at radius 1 is 1.10 bits per heavy atom. The third-order valence-electron chi connectivity index (χ3n) is 2.52. The van der Waals surface area contributed by atoms with Crippen LogP contribution >= 0.6 is 0 Å². The van der Waals surface area contributed by atoms with E-state index in [-0.39, 0.29) is 10.6 Å². The molecule has 0 saturated heterocycles. The molecular formula is C13H10NO5S-. The van der Waals surface area contributed by atoms with Crippen molar-refractivity contribution in [2.45, 2.75) is 4.90 Å². The standard InChI is InChI=1S/C13H11NO5S/c15-12-7-6-9(8-11(12)13(16)17)14-20(18,19)10-4-2-1-3-5-10/h1-8,14-15H,(H,16,17)/p-1. The molecule has 0 amide bonds. The normalized spacial score (nSPS) is 11.0. The van der Waals surface area contributed by atoms with Crippen LogP contribution in [0.15, 0.2) is 53.4 Å². The number of rotatable bonds is 4. The highest BCUT2D eigenvalue weighted by atomic mass is 32.2. The van der Waals surface area contributed by atoms with Gasteiger partial charge in [-0.3, -0.25) is 4.72 Å². The van der Waals surface area contributed by atoms with Crippen LogP contribution in [0.2, 0.25) is 0 Å². The van der Waals surface area contributed by atoms with Crippen molar-refractivity contribution in [3.05, 3.63) is 54.1 Å². The Bertz CT molecular complexity index is 741. The Hall–Kier alpha value is -2.54. The molecule has 0 bridgehead atoms. The molecule has 20 heavy (non-hydrogen) atoms. The van der Waals surface area contributed by atoms with E-state index in [0.29, 0.717) is 0 Å². The first-order valence-electron chi connectivity index (χ1n) is 5.52. The van der Waals surface area contributed by atoms with Gasteiger partial charge in [0.1, 0.15) is 0 Å². The van der Waals surface area contributed by atoms with E-state index in [2.05, 4.69) is 4.72 Å². The first kappa shape index (κ1) is 13.9. The molecular weight excluding hydrogens is 282 g/mol. The van der Waals surface area contributed by atoms with Crippen molar-refractivity contribution in [3.63, 3.8) is 0 Å². The summed E-state index contributed by atoms with van der Waals surface area (Å²) in [5, 5.41) is 20.1. The van der Waals surface area contributed by atoms with Crippen molar-refractivity contribution >= 4 is 21.7 Å². The highest BCUT2D eigenvalue weighted by Gasteiger charge is 2.14. The van der Waals surface area contributed by atoms with Crippen LogP contribution in [0.3, 0.4) is 0 Å². The van der Waals surface area contributed by atoms with E-state index in [1.807, 2.05) is 0 Å². The molecule has 104 valence electrons. The predicted octanol–water partition coefficient (Wildman–Crippen LogP) is 1.26. The molecule has 0 unspecified atom stereocenters. The van der Waals surface area contributed by atoms with E-state index in [4.69, 9.17) is 5.11 Å². The first-order valence-corrected chi connectivity index (χ1v) is 7.01. The number of aromatic carboxylic acids is 1. The van der Waals surface area contributed by atoms with Gasteiger partial charge in [-0.05, 0) is 24.3 Å². The fraction of sp³-hybridized carbons (Fsp3) is 0.